The minimum absolute atomic E-state index is 0.553. The number of hydrogen-bond acceptors (Lipinski definition) is 2. The van der Waals surface area contributed by atoms with E-state index in [1.807, 2.05) is 0 Å². The molecular weight excluding hydrogens is 196 g/mol. The van der Waals surface area contributed by atoms with Gasteiger partial charge < -0.3 is 10.2 Å². The van der Waals surface area contributed by atoms with Crippen LogP contribution in [0.1, 0.15) is 40.0 Å². The van der Waals surface area contributed by atoms with E-state index in [0.29, 0.717) is 5.41 Å². The van der Waals surface area contributed by atoms with Crippen LogP contribution in [-0.2, 0) is 0 Å². The second kappa shape index (κ2) is 5.05. The summed E-state index contributed by atoms with van der Waals surface area (Å²) in [5, 5.41) is 3.57. The molecule has 0 aromatic heterocycles. The maximum absolute atomic E-state index is 3.57. The van der Waals surface area contributed by atoms with Crippen molar-refractivity contribution in [1.82, 2.24) is 10.2 Å². The molecule has 2 rings (SSSR count). The Bertz CT molecular complexity index is 219. The summed E-state index contributed by atoms with van der Waals surface area (Å²) < 4.78 is 0. The third-order valence-electron chi connectivity index (χ3n) is 4.78. The van der Waals surface area contributed by atoms with Crippen molar-refractivity contribution in [1.29, 1.82) is 0 Å². The Morgan fingerprint density at radius 3 is 2.81 bits per heavy atom. The van der Waals surface area contributed by atoms with Gasteiger partial charge in [-0.3, -0.25) is 0 Å². The molecule has 0 bridgehead atoms. The predicted octanol–water partition coefficient (Wildman–Crippen LogP) is 2.35. The molecule has 0 amide bonds. The third kappa shape index (κ3) is 2.60. The van der Waals surface area contributed by atoms with Gasteiger partial charge in [0.05, 0.1) is 0 Å². The lowest BCUT2D eigenvalue weighted by atomic mass is 9.75. The summed E-state index contributed by atoms with van der Waals surface area (Å²) in [7, 11) is 0. The number of nitrogens with one attached hydrogen (secondary N) is 1. The van der Waals surface area contributed by atoms with Gasteiger partial charge >= 0.3 is 0 Å². The van der Waals surface area contributed by atoms with Crippen LogP contribution in [0.15, 0.2) is 0 Å². The zero-order chi connectivity index (χ0) is 11.6. The van der Waals surface area contributed by atoms with Crippen molar-refractivity contribution in [3.63, 3.8) is 0 Å². The summed E-state index contributed by atoms with van der Waals surface area (Å²) in [6, 6.07) is 0. The maximum atomic E-state index is 3.57. The Balaban J connectivity index is 1.95. The second-order valence-electron chi connectivity index (χ2n) is 6.43. The van der Waals surface area contributed by atoms with Crippen LogP contribution in [0.5, 0.6) is 0 Å². The van der Waals surface area contributed by atoms with E-state index in [1.165, 1.54) is 52.0 Å². The molecule has 16 heavy (non-hydrogen) atoms. The summed E-state index contributed by atoms with van der Waals surface area (Å²) >= 11 is 0. The zero-order valence-corrected chi connectivity index (χ0v) is 11.3. The maximum Gasteiger partial charge on any atom is 0.00532 e. The number of piperidine rings is 1. The standard InChI is InChI=1S/C14H28N2/c1-12(2)14(6-7-15-10-14)11-16-8-4-5-13(3)9-16/h12-13,15H,4-11H2,1-3H3. The average Bonchev–Trinajstić information content (AvgIpc) is 2.67. The topological polar surface area (TPSA) is 15.3 Å². The minimum Gasteiger partial charge on any atom is -0.316 e. The van der Waals surface area contributed by atoms with E-state index in [2.05, 4.69) is 31.0 Å². The van der Waals surface area contributed by atoms with E-state index in [4.69, 9.17) is 0 Å². The Labute approximate surface area is 101 Å². The van der Waals surface area contributed by atoms with E-state index in [0.717, 1.165) is 11.8 Å². The minimum atomic E-state index is 0.553. The summed E-state index contributed by atoms with van der Waals surface area (Å²) in [5.41, 5.74) is 0.553. The quantitative estimate of drug-likeness (QED) is 0.791. The molecule has 0 aromatic rings. The molecule has 2 aliphatic rings. The Hall–Kier alpha value is -0.0800. The Morgan fingerprint density at radius 2 is 2.25 bits per heavy atom. The van der Waals surface area contributed by atoms with Crippen molar-refractivity contribution in [3.05, 3.63) is 0 Å². The second-order valence-corrected chi connectivity index (χ2v) is 6.43. The summed E-state index contributed by atoms with van der Waals surface area (Å²) in [4.78, 5) is 2.72. The molecule has 2 unspecified atom stereocenters. The smallest absolute Gasteiger partial charge is 0.00532 e. The van der Waals surface area contributed by atoms with Gasteiger partial charge in [-0.25, -0.2) is 0 Å². The fourth-order valence-corrected chi connectivity index (χ4v) is 3.45. The first-order valence-corrected chi connectivity index (χ1v) is 7.05. The van der Waals surface area contributed by atoms with Gasteiger partial charge in [0.15, 0.2) is 0 Å². The first kappa shape index (κ1) is 12.4. The Kier molecular flexibility index (Phi) is 3.91. The molecule has 2 fully saturated rings. The van der Waals surface area contributed by atoms with Crippen LogP contribution in [0.3, 0.4) is 0 Å². The van der Waals surface area contributed by atoms with Crippen LogP contribution in [0.4, 0.5) is 0 Å². The normalized spacial score (nSPS) is 37.1. The molecular formula is C14H28N2. The highest BCUT2D eigenvalue weighted by Crippen LogP contribution is 2.35. The van der Waals surface area contributed by atoms with Gasteiger partial charge in [0.25, 0.3) is 0 Å². The van der Waals surface area contributed by atoms with E-state index in [9.17, 15) is 0 Å². The van der Waals surface area contributed by atoms with Gasteiger partial charge in [0.1, 0.15) is 0 Å². The lowest BCUT2D eigenvalue weighted by Crippen LogP contribution is -2.46. The highest BCUT2D eigenvalue weighted by atomic mass is 15.1. The molecule has 2 saturated heterocycles. The average molecular weight is 224 g/mol. The highest BCUT2D eigenvalue weighted by molar-refractivity contribution is 4.93. The van der Waals surface area contributed by atoms with Crippen molar-refractivity contribution in [2.24, 2.45) is 17.3 Å². The molecule has 2 aliphatic heterocycles. The molecule has 0 radical (unpaired) electrons. The SMILES string of the molecule is CC1CCCN(CC2(C(C)C)CCNC2)C1. The monoisotopic (exact) mass is 224 g/mol. The third-order valence-corrected chi connectivity index (χ3v) is 4.78. The van der Waals surface area contributed by atoms with E-state index in [1.54, 1.807) is 0 Å². The van der Waals surface area contributed by atoms with Crippen LogP contribution >= 0.6 is 0 Å². The van der Waals surface area contributed by atoms with Crippen molar-refractivity contribution >= 4 is 0 Å². The molecule has 1 N–H and O–H groups in total. The van der Waals surface area contributed by atoms with E-state index < -0.39 is 0 Å². The Morgan fingerprint density at radius 1 is 1.44 bits per heavy atom. The number of nitrogens with zero attached hydrogens (tertiary/aromatic N) is 1. The summed E-state index contributed by atoms with van der Waals surface area (Å²) in [6.45, 7) is 13.6. The largest absolute Gasteiger partial charge is 0.316 e. The van der Waals surface area contributed by atoms with E-state index >= 15 is 0 Å². The van der Waals surface area contributed by atoms with Crippen molar-refractivity contribution in [3.8, 4) is 0 Å². The van der Waals surface area contributed by atoms with Crippen molar-refractivity contribution < 1.29 is 0 Å². The number of rotatable bonds is 3. The van der Waals surface area contributed by atoms with Gasteiger partial charge in [-0.2, -0.15) is 0 Å². The van der Waals surface area contributed by atoms with Crippen LogP contribution in [-0.4, -0.2) is 37.6 Å². The first-order chi connectivity index (χ1) is 7.62. The molecule has 2 nitrogen and oxygen atoms in total. The molecule has 2 heterocycles. The highest BCUT2D eigenvalue weighted by Gasteiger charge is 2.38. The van der Waals surface area contributed by atoms with Crippen molar-refractivity contribution in [2.75, 3.05) is 32.7 Å². The molecule has 2 atom stereocenters. The molecule has 0 spiro atoms. The molecule has 0 aromatic carbocycles. The molecule has 0 saturated carbocycles. The van der Waals surface area contributed by atoms with Crippen molar-refractivity contribution in [2.45, 2.75) is 40.0 Å². The van der Waals surface area contributed by atoms with E-state index in [-0.39, 0.29) is 0 Å². The van der Waals surface area contributed by atoms with Crippen LogP contribution < -0.4 is 5.32 Å². The molecule has 0 aliphatic carbocycles. The number of likely N-dealkylation sites (tertiary alicyclic amines) is 1. The van der Waals surface area contributed by atoms with Crippen LogP contribution in [0, 0.1) is 17.3 Å². The van der Waals surface area contributed by atoms with Crippen LogP contribution in [0.2, 0.25) is 0 Å². The lowest BCUT2D eigenvalue weighted by molar-refractivity contribution is 0.0860. The van der Waals surface area contributed by atoms with Crippen LogP contribution in [0.25, 0.3) is 0 Å². The lowest BCUT2D eigenvalue weighted by Gasteiger charge is -2.41. The molecule has 2 heteroatoms. The predicted molar refractivity (Wildman–Crippen MR) is 69.6 cm³/mol. The number of hydrogen-bond donors (Lipinski definition) is 1. The summed E-state index contributed by atoms with van der Waals surface area (Å²) in [5.74, 6) is 1.71. The fourth-order valence-electron chi connectivity index (χ4n) is 3.45. The van der Waals surface area contributed by atoms with Gasteiger partial charge in [-0.1, -0.05) is 20.8 Å². The van der Waals surface area contributed by atoms with Gasteiger partial charge in [-0.05, 0) is 49.6 Å². The van der Waals surface area contributed by atoms with Gasteiger partial charge in [0, 0.05) is 19.6 Å². The zero-order valence-electron chi connectivity index (χ0n) is 11.3. The van der Waals surface area contributed by atoms with Gasteiger partial charge in [-0.15, -0.1) is 0 Å². The summed E-state index contributed by atoms with van der Waals surface area (Å²) in [6.07, 6.45) is 4.21. The molecule has 94 valence electrons. The van der Waals surface area contributed by atoms with Gasteiger partial charge in [0.2, 0.25) is 0 Å². The fraction of sp³-hybridized carbons (Fsp3) is 1.00. The first-order valence-electron chi connectivity index (χ1n) is 7.05.